The third-order valence-corrected chi connectivity index (χ3v) is 7.48. The molecule has 1 aliphatic carbocycles. The van der Waals surface area contributed by atoms with Crippen LogP contribution in [0.4, 0.5) is 0 Å². The minimum atomic E-state index is -0.0771. The predicted molar refractivity (Wildman–Crippen MR) is 146 cm³/mol. The molecule has 0 aromatic heterocycles. The van der Waals surface area contributed by atoms with Gasteiger partial charge < -0.3 is 21.3 Å². The summed E-state index contributed by atoms with van der Waals surface area (Å²) in [4.78, 5) is 2.40. The van der Waals surface area contributed by atoms with Gasteiger partial charge in [-0.3, -0.25) is 0 Å². The highest BCUT2D eigenvalue weighted by molar-refractivity contribution is 5.45. The first-order valence-electron chi connectivity index (χ1n) is 12.8. The number of nitrogens with two attached hydrogens (primary N) is 1. The van der Waals surface area contributed by atoms with Crippen molar-refractivity contribution in [2.24, 2.45) is 11.7 Å². The highest BCUT2D eigenvalue weighted by atomic mass is 15.2. The number of hydrogen-bond acceptors (Lipinski definition) is 4. The third kappa shape index (κ3) is 6.44. The molecule has 1 saturated heterocycles. The number of benzene rings is 1. The second kappa shape index (κ2) is 11.6. The van der Waals surface area contributed by atoms with E-state index in [0.29, 0.717) is 5.92 Å². The molecule has 0 radical (unpaired) electrons. The fraction of sp³-hybridized carbons (Fsp3) is 0.467. The number of hydrogen-bond donors (Lipinski definition) is 3. The topological polar surface area (TPSA) is 53.3 Å². The lowest BCUT2D eigenvalue weighted by Crippen LogP contribution is -2.60. The summed E-state index contributed by atoms with van der Waals surface area (Å²) in [6.45, 7) is 21.8. The van der Waals surface area contributed by atoms with Gasteiger partial charge in [0, 0.05) is 36.6 Å². The summed E-state index contributed by atoms with van der Waals surface area (Å²) in [7, 11) is 0. The number of fused-ring (bicyclic) bond motifs is 1. The molecule has 1 saturated carbocycles. The average Bonchev–Trinajstić information content (AvgIpc) is 2.82. The maximum atomic E-state index is 6.89. The van der Waals surface area contributed by atoms with E-state index in [-0.39, 0.29) is 5.54 Å². The quantitative estimate of drug-likeness (QED) is 0.372. The third-order valence-electron chi connectivity index (χ3n) is 7.48. The molecule has 0 amide bonds. The smallest absolute Gasteiger partial charge is 0.0957 e. The molecule has 2 atom stereocenters. The fourth-order valence-corrected chi connectivity index (χ4v) is 5.42. The molecule has 0 bridgehead atoms. The van der Waals surface area contributed by atoms with Gasteiger partial charge in [-0.1, -0.05) is 75.4 Å². The molecule has 2 fully saturated rings. The van der Waals surface area contributed by atoms with Crippen LogP contribution in [0.25, 0.3) is 0 Å². The van der Waals surface area contributed by atoms with E-state index >= 15 is 0 Å². The number of allylic oxidation sites excluding steroid dienone is 4. The summed E-state index contributed by atoms with van der Waals surface area (Å²) >= 11 is 0. The molecule has 4 nitrogen and oxygen atoms in total. The van der Waals surface area contributed by atoms with Gasteiger partial charge in [0.2, 0.25) is 0 Å². The van der Waals surface area contributed by atoms with Crippen LogP contribution in [0.3, 0.4) is 0 Å². The molecule has 1 heterocycles. The first kappa shape index (κ1) is 25.9. The van der Waals surface area contributed by atoms with Crippen molar-refractivity contribution < 1.29 is 0 Å². The monoisotopic (exact) mass is 460 g/mol. The Morgan fingerprint density at radius 2 is 1.94 bits per heavy atom. The van der Waals surface area contributed by atoms with Crippen LogP contribution in [0, 0.1) is 12.8 Å². The normalized spacial score (nSPS) is 23.5. The minimum Gasteiger partial charge on any atom is -0.370 e. The highest BCUT2D eigenvalue weighted by Gasteiger charge is 2.42. The summed E-state index contributed by atoms with van der Waals surface area (Å²) in [6.07, 6.45) is 11.2. The number of nitrogens with zero attached hydrogens (tertiary/aromatic N) is 1. The summed E-state index contributed by atoms with van der Waals surface area (Å²) in [5.74, 6) is 1.44. The molecule has 1 aliphatic heterocycles. The average molecular weight is 461 g/mol. The van der Waals surface area contributed by atoms with Crippen molar-refractivity contribution in [3.8, 4) is 0 Å². The van der Waals surface area contributed by atoms with E-state index in [4.69, 9.17) is 5.73 Å². The Hall–Kier alpha value is -2.72. The Kier molecular flexibility index (Phi) is 8.84. The van der Waals surface area contributed by atoms with Gasteiger partial charge in [0.1, 0.15) is 0 Å². The molecule has 2 unspecified atom stereocenters. The van der Waals surface area contributed by atoms with Crippen LogP contribution in [0.2, 0.25) is 0 Å². The van der Waals surface area contributed by atoms with Crippen molar-refractivity contribution in [2.75, 3.05) is 13.1 Å². The molecule has 34 heavy (non-hydrogen) atoms. The van der Waals surface area contributed by atoms with E-state index < -0.39 is 0 Å². The minimum absolute atomic E-state index is 0.0771. The Morgan fingerprint density at radius 1 is 1.21 bits per heavy atom. The summed E-state index contributed by atoms with van der Waals surface area (Å²) in [5.41, 5.74) is 13.7. The van der Waals surface area contributed by atoms with Crippen molar-refractivity contribution in [1.29, 1.82) is 0 Å². The molecular formula is C30H44N4. The number of aryl methyl sites for hydroxylation is 1. The lowest BCUT2D eigenvalue weighted by molar-refractivity contribution is 0.0808. The predicted octanol–water partition coefficient (Wildman–Crippen LogP) is 6.05. The van der Waals surface area contributed by atoms with Gasteiger partial charge >= 0.3 is 0 Å². The highest BCUT2D eigenvalue weighted by Crippen LogP contribution is 2.39. The van der Waals surface area contributed by atoms with Crippen LogP contribution in [0.15, 0.2) is 84.5 Å². The molecule has 184 valence electrons. The van der Waals surface area contributed by atoms with E-state index in [1.54, 1.807) is 0 Å². The van der Waals surface area contributed by atoms with Gasteiger partial charge in [0.15, 0.2) is 0 Å². The van der Waals surface area contributed by atoms with Gasteiger partial charge in [-0.25, -0.2) is 0 Å². The maximum Gasteiger partial charge on any atom is 0.0957 e. The molecule has 4 heteroatoms. The first-order chi connectivity index (χ1) is 16.3. The number of nitrogens with one attached hydrogen (secondary N) is 2. The zero-order chi connectivity index (χ0) is 24.7. The Labute approximate surface area is 207 Å². The second-order valence-electron chi connectivity index (χ2n) is 10.1. The molecular weight excluding hydrogens is 416 g/mol. The van der Waals surface area contributed by atoms with E-state index in [9.17, 15) is 0 Å². The SMILES string of the molecule is C=C/C(C(=C)N1CCC2CCCCC2(N)C1)=C(\C=C(/C)NC(=C)NCc1ccc(C)cc1)CC. The van der Waals surface area contributed by atoms with Crippen molar-refractivity contribution in [3.05, 3.63) is 95.6 Å². The summed E-state index contributed by atoms with van der Waals surface area (Å²) < 4.78 is 0. The largest absolute Gasteiger partial charge is 0.370 e. The summed E-state index contributed by atoms with van der Waals surface area (Å²) in [6, 6.07) is 8.53. The number of piperidine rings is 1. The Morgan fingerprint density at radius 3 is 2.62 bits per heavy atom. The fourth-order valence-electron chi connectivity index (χ4n) is 5.42. The van der Waals surface area contributed by atoms with Crippen LogP contribution in [-0.4, -0.2) is 23.5 Å². The molecule has 1 aromatic rings. The van der Waals surface area contributed by atoms with Crippen LogP contribution < -0.4 is 16.4 Å². The Bertz CT molecular complexity index is 953. The second-order valence-corrected chi connectivity index (χ2v) is 10.1. The molecule has 0 spiro atoms. The maximum absolute atomic E-state index is 6.89. The van der Waals surface area contributed by atoms with Crippen molar-refractivity contribution in [1.82, 2.24) is 15.5 Å². The van der Waals surface area contributed by atoms with Gasteiger partial charge in [-0.2, -0.15) is 0 Å². The molecule has 1 aromatic carbocycles. The lowest BCUT2D eigenvalue weighted by atomic mass is 9.69. The van der Waals surface area contributed by atoms with E-state index in [0.717, 1.165) is 61.7 Å². The van der Waals surface area contributed by atoms with Gasteiger partial charge in [0.05, 0.1) is 5.82 Å². The van der Waals surface area contributed by atoms with Crippen LogP contribution in [-0.2, 0) is 6.54 Å². The zero-order valence-electron chi connectivity index (χ0n) is 21.6. The van der Waals surface area contributed by atoms with Crippen LogP contribution >= 0.6 is 0 Å². The van der Waals surface area contributed by atoms with E-state index in [1.165, 1.54) is 36.0 Å². The first-order valence-corrected chi connectivity index (χ1v) is 12.8. The summed E-state index contributed by atoms with van der Waals surface area (Å²) in [5, 5.41) is 6.76. The van der Waals surface area contributed by atoms with Crippen molar-refractivity contribution >= 4 is 0 Å². The van der Waals surface area contributed by atoms with Crippen LogP contribution in [0.5, 0.6) is 0 Å². The zero-order valence-corrected chi connectivity index (χ0v) is 21.6. The van der Waals surface area contributed by atoms with Crippen LogP contribution in [0.1, 0.15) is 63.5 Å². The molecule has 2 aliphatic rings. The van der Waals surface area contributed by atoms with Crippen molar-refractivity contribution in [3.63, 3.8) is 0 Å². The van der Waals surface area contributed by atoms with Gasteiger partial charge in [-0.05, 0) is 68.2 Å². The van der Waals surface area contributed by atoms with Gasteiger partial charge in [-0.15, -0.1) is 0 Å². The van der Waals surface area contributed by atoms with E-state index in [1.807, 2.05) is 6.08 Å². The standard InChI is InChI=1S/C30H44N4/c1-7-27(19-23(4)33-25(6)32-20-26-14-12-22(3)13-15-26)29(8-2)24(5)34-18-16-28-11-9-10-17-30(28,31)21-34/h8,12-15,19,28,32-33H,2,5-7,9-11,16-18,20-21,31H2,1,3-4H3/b23-19+,29-27+. The van der Waals surface area contributed by atoms with Crippen molar-refractivity contribution in [2.45, 2.75) is 71.4 Å². The number of likely N-dealkylation sites (tertiary alicyclic amines) is 1. The Balaban J connectivity index is 1.66. The lowest BCUT2D eigenvalue weighted by Gasteiger charge is -2.50. The van der Waals surface area contributed by atoms with E-state index in [2.05, 4.69) is 86.4 Å². The number of rotatable bonds is 10. The van der Waals surface area contributed by atoms with Gasteiger partial charge in [0.25, 0.3) is 0 Å². The molecule has 4 N–H and O–H groups in total. The molecule has 3 rings (SSSR count).